The zero-order valence-electron chi connectivity index (χ0n) is 21.4. The molecule has 1 aromatic heterocycles. The lowest BCUT2D eigenvalue weighted by atomic mass is 9.90. The van der Waals surface area contributed by atoms with E-state index in [9.17, 15) is 14.0 Å². The Labute approximate surface area is 224 Å². The highest BCUT2D eigenvalue weighted by Gasteiger charge is 2.52. The second-order valence-electron chi connectivity index (χ2n) is 9.52. The predicted molar refractivity (Wildman–Crippen MR) is 142 cm³/mol. The second-order valence-corrected chi connectivity index (χ2v) is 10.5. The van der Waals surface area contributed by atoms with Crippen LogP contribution in [0.3, 0.4) is 0 Å². The van der Waals surface area contributed by atoms with Gasteiger partial charge in [-0.25, -0.2) is 4.39 Å². The van der Waals surface area contributed by atoms with Crippen molar-refractivity contribution >= 4 is 35.0 Å². The molecule has 1 aliphatic carbocycles. The molecule has 0 unspecified atom stereocenters. The number of aromatic nitrogens is 3. The van der Waals surface area contributed by atoms with E-state index in [4.69, 9.17) is 9.47 Å². The third-order valence-electron chi connectivity index (χ3n) is 7.03. The summed E-state index contributed by atoms with van der Waals surface area (Å²) in [5.41, 5.74) is 0.479. The molecule has 1 spiro atoms. The smallest absolute Gasteiger partial charge is 0.250 e. The summed E-state index contributed by atoms with van der Waals surface area (Å²) in [5, 5.41) is 12.1. The Morgan fingerprint density at radius 2 is 1.89 bits per heavy atom. The summed E-state index contributed by atoms with van der Waals surface area (Å²) in [6.45, 7) is 2.33. The Hall–Kier alpha value is -3.44. The van der Waals surface area contributed by atoms with Gasteiger partial charge in [0.1, 0.15) is 12.1 Å². The number of rotatable bonds is 9. The molecule has 1 N–H and O–H groups in total. The maximum Gasteiger partial charge on any atom is 0.250 e. The van der Waals surface area contributed by atoms with Crippen LogP contribution in [0.2, 0.25) is 0 Å². The Bertz CT molecular complexity index is 1330. The number of para-hydroxylation sites is 3. The van der Waals surface area contributed by atoms with Gasteiger partial charge in [-0.05, 0) is 44.0 Å². The van der Waals surface area contributed by atoms with Crippen molar-refractivity contribution in [2.24, 2.45) is 0 Å². The van der Waals surface area contributed by atoms with Gasteiger partial charge in [-0.2, -0.15) is 0 Å². The Balaban J connectivity index is 1.38. The van der Waals surface area contributed by atoms with Crippen molar-refractivity contribution in [1.29, 1.82) is 0 Å². The van der Waals surface area contributed by atoms with Crippen LogP contribution in [0.1, 0.15) is 44.5 Å². The van der Waals surface area contributed by atoms with Gasteiger partial charge in [-0.1, -0.05) is 48.9 Å². The van der Waals surface area contributed by atoms with E-state index in [0.717, 1.165) is 12.8 Å². The summed E-state index contributed by atoms with van der Waals surface area (Å²) < 4.78 is 26.9. The summed E-state index contributed by atoms with van der Waals surface area (Å²) in [6, 6.07) is 13.4. The first-order valence-electron chi connectivity index (χ1n) is 12.6. The molecule has 1 saturated carbocycles. The van der Waals surface area contributed by atoms with Crippen LogP contribution in [0, 0.1) is 5.82 Å². The molecule has 2 amide bonds. The van der Waals surface area contributed by atoms with E-state index in [1.165, 1.54) is 17.8 Å². The molecule has 1 fully saturated rings. The Morgan fingerprint density at radius 3 is 2.66 bits per heavy atom. The number of methoxy groups -OCH3 is 1. The number of hydrogen-bond acceptors (Lipinski definition) is 7. The molecule has 11 heteroatoms. The zero-order chi connectivity index (χ0) is 26.7. The first-order valence-corrected chi connectivity index (χ1v) is 13.6. The third kappa shape index (κ3) is 4.88. The summed E-state index contributed by atoms with van der Waals surface area (Å²) in [6.07, 6.45) is 3.03. The van der Waals surface area contributed by atoms with Crippen LogP contribution >= 0.6 is 11.8 Å². The van der Waals surface area contributed by atoms with E-state index < -0.39 is 11.4 Å². The minimum absolute atomic E-state index is 0.000718. The molecule has 2 aliphatic rings. The molecule has 2 heterocycles. The van der Waals surface area contributed by atoms with Crippen LogP contribution < -0.4 is 15.0 Å². The topological polar surface area (TPSA) is 98.6 Å². The zero-order valence-corrected chi connectivity index (χ0v) is 22.2. The van der Waals surface area contributed by atoms with Gasteiger partial charge in [0, 0.05) is 7.11 Å². The number of halogens is 1. The van der Waals surface area contributed by atoms with Crippen molar-refractivity contribution in [3.8, 4) is 5.75 Å². The van der Waals surface area contributed by atoms with E-state index >= 15 is 0 Å². The van der Waals surface area contributed by atoms with E-state index in [-0.39, 0.29) is 36.0 Å². The number of benzene rings is 2. The molecule has 0 saturated heterocycles. The van der Waals surface area contributed by atoms with E-state index in [2.05, 4.69) is 15.5 Å². The SMILES string of the molecule is COC[C@@H](C)n1c(COc2ccccc2F)nnc1SCC(=O)N1c2ccccc2NC(=O)C12CCCC2. The summed E-state index contributed by atoms with van der Waals surface area (Å²) in [7, 11) is 1.60. The first-order chi connectivity index (χ1) is 18.4. The summed E-state index contributed by atoms with van der Waals surface area (Å²) in [5.74, 6) is -0.0864. The normalized spacial score (nSPS) is 16.8. The molecule has 0 radical (unpaired) electrons. The largest absolute Gasteiger partial charge is 0.483 e. The molecule has 1 aliphatic heterocycles. The summed E-state index contributed by atoms with van der Waals surface area (Å²) in [4.78, 5) is 28.7. The number of ether oxygens (including phenoxy) is 2. The van der Waals surface area contributed by atoms with Crippen molar-refractivity contribution in [3.63, 3.8) is 0 Å². The van der Waals surface area contributed by atoms with Crippen molar-refractivity contribution in [2.75, 3.05) is 29.7 Å². The van der Waals surface area contributed by atoms with Crippen LogP contribution in [0.5, 0.6) is 5.75 Å². The lowest BCUT2D eigenvalue weighted by Crippen LogP contribution is -2.61. The van der Waals surface area contributed by atoms with Crippen molar-refractivity contribution in [3.05, 3.63) is 60.2 Å². The summed E-state index contributed by atoms with van der Waals surface area (Å²) >= 11 is 1.25. The van der Waals surface area contributed by atoms with Gasteiger partial charge < -0.3 is 14.8 Å². The van der Waals surface area contributed by atoms with Gasteiger partial charge in [0.25, 0.3) is 5.91 Å². The number of nitrogens with zero attached hydrogens (tertiary/aromatic N) is 4. The van der Waals surface area contributed by atoms with Gasteiger partial charge >= 0.3 is 0 Å². The molecule has 1 atom stereocenters. The maximum atomic E-state index is 14.1. The standard InChI is InChI=1S/C27H30FN5O4S/c1-18(15-36-2)32-23(16-37-22-12-6-3-9-19(22)28)30-31-26(32)38-17-24(34)33-21-11-5-4-10-20(21)29-25(35)27(33)13-7-8-14-27/h3-6,9-12,18H,7-8,13-17H2,1-2H3,(H,29,35)/t18-/m1/s1. The lowest BCUT2D eigenvalue weighted by molar-refractivity contribution is -0.126. The highest BCUT2D eigenvalue weighted by molar-refractivity contribution is 7.99. The van der Waals surface area contributed by atoms with Gasteiger partial charge in [-0.3, -0.25) is 19.1 Å². The average Bonchev–Trinajstić information content (AvgIpc) is 3.56. The van der Waals surface area contributed by atoms with E-state index in [0.29, 0.717) is 41.8 Å². The number of nitrogens with one attached hydrogen (secondary N) is 1. The molecule has 38 heavy (non-hydrogen) atoms. The number of thioether (sulfide) groups is 1. The fraction of sp³-hybridized carbons (Fsp3) is 0.407. The lowest BCUT2D eigenvalue weighted by Gasteiger charge is -2.44. The number of hydrogen-bond donors (Lipinski definition) is 1. The fourth-order valence-electron chi connectivity index (χ4n) is 5.29. The highest BCUT2D eigenvalue weighted by atomic mass is 32.2. The number of carbonyl (C=O) groups excluding carboxylic acids is 2. The first kappa shape index (κ1) is 26.2. The number of anilines is 2. The monoisotopic (exact) mass is 539 g/mol. The molecule has 9 nitrogen and oxygen atoms in total. The Kier molecular flexibility index (Phi) is 7.66. The fourth-order valence-corrected chi connectivity index (χ4v) is 6.19. The quantitative estimate of drug-likeness (QED) is 0.397. The van der Waals surface area contributed by atoms with Crippen molar-refractivity contribution in [1.82, 2.24) is 14.8 Å². The number of fused-ring (bicyclic) bond motifs is 1. The molecule has 3 aromatic rings. The van der Waals surface area contributed by atoms with Crippen LogP contribution in [-0.2, 0) is 20.9 Å². The van der Waals surface area contributed by atoms with Crippen LogP contribution in [0.4, 0.5) is 15.8 Å². The number of amides is 2. The highest BCUT2D eigenvalue weighted by Crippen LogP contribution is 2.45. The van der Waals surface area contributed by atoms with Gasteiger partial charge in [0.05, 0.1) is 29.8 Å². The third-order valence-corrected chi connectivity index (χ3v) is 7.95. The van der Waals surface area contributed by atoms with E-state index in [1.54, 1.807) is 30.2 Å². The number of carbonyl (C=O) groups is 2. The second kappa shape index (κ2) is 11.1. The molecule has 2 aromatic carbocycles. The molecule has 0 bridgehead atoms. The van der Waals surface area contributed by atoms with E-state index in [1.807, 2.05) is 35.8 Å². The molecule has 200 valence electrons. The van der Waals surface area contributed by atoms with Crippen molar-refractivity contribution < 1.29 is 23.5 Å². The molecular weight excluding hydrogens is 509 g/mol. The minimum atomic E-state index is -0.873. The van der Waals surface area contributed by atoms with Crippen LogP contribution in [0.25, 0.3) is 0 Å². The minimum Gasteiger partial charge on any atom is -0.483 e. The van der Waals surface area contributed by atoms with Crippen LogP contribution in [-0.4, -0.2) is 51.6 Å². The Morgan fingerprint density at radius 1 is 1.16 bits per heavy atom. The average molecular weight is 540 g/mol. The van der Waals surface area contributed by atoms with Gasteiger partial charge in [0.15, 0.2) is 22.5 Å². The van der Waals surface area contributed by atoms with Gasteiger partial charge in [0.2, 0.25) is 5.91 Å². The van der Waals surface area contributed by atoms with Crippen LogP contribution in [0.15, 0.2) is 53.7 Å². The predicted octanol–water partition coefficient (Wildman–Crippen LogP) is 4.59. The maximum absolute atomic E-state index is 14.1. The molecular formula is C27H30FN5O4S. The van der Waals surface area contributed by atoms with Gasteiger partial charge in [-0.15, -0.1) is 10.2 Å². The van der Waals surface area contributed by atoms with Crippen molar-refractivity contribution in [2.45, 2.75) is 56.0 Å². The molecule has 5 rings (SSSR count).